The number of hydrogen-bond acceptors (Lipinski definition) is 12. The quantitative estimate of drug-likeness (QED) is 0.196. The first-order valence-electron chi connectivity index (χ1n) is 12.9. The number of phenolic OH excluding ortho intramolecular Hbond substituents is 2. The first-order valence-corrected chi connectivity index (χ1v) is 12.9. The number of fused-ring (bicyclic) bond motifs is 3. The lowest BCUT2D eigenvalue weighted by Crippen LogP contribution is -2.53. The highest BCUT2D eigenvalue weighted by Gasteiger charge is 2.50. The number of aliphatic hydroxyl groups is 4. The van der Waals surface area contributed by atoms with Crippen LogP contribution in [0.5, 0.6) is 11.5 Å². The molecule has 0 radical (unpaired) electrons. The molecule has 1 aliphatic heterocycles. The maximum absolute atomic E-state index is 13.7. The van der Waals surface area contributed by atoms with Crippen LogP contribution in [0.25, 0.3) is 0 Å². The number of Topliss-reactive ketones (excluding diaryl/α,β-unsaturated/α-hetero) is 1. The second-order valence-corrected chi connectivity index (χ2v) is 10.5. The number of aromatic hydroxyl groups is 2. The molecule has 0 aromatic heterocycles. The molecule has 7 N–H and O–H groups in total. The van der Waals surface area contributed by atoms with Gasteiger partial charge in [0.2, 0.25) is 0 Å². The molecule has 1 heterocycles. The van der Waals surface area contributed by atoms with Gasteiger partial charge in [-0.2, -0.15) is 0 Å². The van der Waals surface area contributed by atoms with Crippen LogP contribution in [0.1, 0.15) is 74.4 Å². The van der Waals surface area contributed by atoms with Crippen molar-refractivity contribution in [2.75, 3.05) is 13.7 Å². The van der Waals surface area contributed by atoms with Gasteiger partial charge in [0.15, 0.2) is 23.6 Å². The number of phenols is 2. The Morgan fingerprint density at radius 2 is 1.82 bits per heavy atom. The minimum Gasteiger partial charge on any atom is -0.507 e. The fourth-order valence-electron chi connectivity index (χ4n) is 6.07. The molecule has 12 heteroatoms. The highest BCUT2D eigenvalue weighted by molar-refractivity contribution is 6.31. The predicted molar refractivity (Wildman–Crippen MR) is 136 cm³/mol. The molecule has 0 bridgehead atoms. The van der Waals surface area contributed by atoms with Gasteiger partial charge in [0.05, 0.1) is 36.0 Å². The first-order chi connectivity index (χ1) is 19.0. The Morgan fingerprint density at radius 1 is 1.12 bits per heavy atom. The zero-order valence-electron chi connectivity index (χ0n) is 21.9. The Kier molecular flexibility index (Phi) is 7.29. The predicted octanol–water partition coefficient (Wildman–Crippen LogP) is -0.254. The van der Waals surface area contributed by atoms with Crippen LogP contribution in [-0.2, 0) is 27.3 Å². The number of ketones is 3. The molecule has 3 aliphatic rings. The van der Waals surface area contributed by atoms with Crippen molar-refractivity contribution < 1.29 is 54.5 Å². The van der Waals surface area contributed by atoms with Crippen molar-refractivity contribution in [3.63, 3.8) is 0 Å². The number of ether oxygens (including phenoxy) is 2. The normalized spacial score (nSPS) is 29.5. The summed E-state index contributed by atoms with van der Waals surface area (Å²) in [6.45, 7) is 0.0635. The summed E-state index contributed by atoms with van der Waals surface area (Å²) < 4.78 is 11.9. The summed E-state index contributed by atoms with van der Waals surface area (Å²) in [7, 11) is 1.65. The SMILES string of the molecule is CNC1CC(O[C@H]2C[C@](O)(C(=O)CO)Cc3c(O)c4c(c(O)c32)C(=O)c2c(CO)cccc2C4=O)OC(C)C1O. The molecule has 1 fully saturated rings. The highest BCUT2D eigenvalue weighted by atomic mass is 16.7. The molecular formula is C28H31NO11. The Balaban J connectivity index is 1.68. The molecule has 5 rings (SSSR count). The van der Waals surface area contributed by atoms with Gasteiger partial charge in [-0.1, -0.05) is 18.2 Å². The van der Waals surface area contributed by atoms with Crippen molar-refractivity contribution >= 4 is 17.3 Å². The molecule has 4 unspecified atom stereocenters. The van der Waals surface area contributed by atoms with Crippen molar-refractivity contribution in [1.29, 1.82) is 0 Å². The molecule has 40 heavy (non-hydrogen) atoms. The van der Waals surface area contributed by atoms with E-state index in [0.29, 0.717) is 0 Å². The number of carbonyl (C=O) groups excluding carboxylic acids is 3. The summed E-state index contributed by atoms with van der Waals surface area (Å²) in [6, 6.07) is 3.86. The molecule has 12 nitrogen and oxygen atoms in total. The second-order valence-electron chi connectivity index (χ2n) is 10.5. The number of hydrogen-bond donors (Lipinski definition) is 7. The van der Waals surface area contributed by atoms with Crippen molar-refractivity contribution in [3.05, 3.63) is 57.1 Å². The second kappa shape index (κ2) is 10.3. The summed E-state index contributed by atoms with van der Waals surface area (Å²) in [4.78, 5) is 39.8. The van der Waals surface area contributed by atoms with E-state index in [0.717, 1.165) is 0 Å². The van der Waals surface area contributed by atoms with Gasteiger partial charge in [0, 0.05) is 47.6 Å². The van der Waals surface area contributed by atoms with E-state index in [9.17, 15) is 45.0 Å². The van der Waals surface area contributed by atoms with Gasteiger partial charge in [-0.15, -0.1) is 0 Å². The maximum atomic E-state index is 13.7. The lowest BCUT2D eigenvalue weighted by atomic mass is 9.71. The van der Waals surface area contributed by atoms with Gasteiger partial charge in [-0.25, -0.2) is 0 Å². The van der Waals surface area contributed by atoms with E-state index in [2.05, 4.69) is 5.32 Å². The number of aliphatic hydroxyl groups excluding tert-OH is 3. The largest absolute Gasteiger partial charge is 0.507 e. The Bertz CT molecular complexity index is 1410. The topological polar surface area (TPSA) is 203 Å². The van der Waals surface area contributed by atoms with E-state index >= 15 is 0 Å². The number of nitrogens with one attached hydrogen (secondary N) is 1. The average molecular weight is 558 g/mol. The van der Waals surface area contributed by atoms with E-state index in [1.165, 1.54) is 18.2 Å². The Hall–Kier alpha value is -3.23. The van der Waals surface area contributed by atoms with Gasteiger partial charge >= 0.3 is 0 Å². The number of benzene rings is 2. The smallest absolute Gasteiger partial charge is 0.198 e. The summed E-state index contributed by atoms with van der Waals surface area (Å²) in [5.41, 5.74) is -3.54. The van der Waals surface area contributed by atoms with Crippen molar-refractivity contribution in [2.45, 2.75) is 69.0 Å². The maximum Gasteiger partial charge on any atom is 0.198 e. The van der Waals surface area contributed by atoms with Crippen LogP contribution in [0.4, 0.5) is 0 Å². The fourth-order valence-corrected chi connectivity index (χ4v) is 6.07. The highest BCUT2D eigenvalue weighted by Crippen LogP contribution is 2.52. The van der Waals surface area contributed by atoms with Gasteiger partial charge in [-0.05, 0) is 19.5 Å². The van der Waals surface area contributed by atoms with Crippen LogP contribution < -0.4 is 5.32 Å². The van der Waals surface area contributed by atoms with Crippen molar-refractivity contribution in [2.24, 2.45) is 0 Å². The summed E-state index contributed by atoms with van der Waals surface area (Å²) >= 11 is 0. The van der Waals surface area contributed by atoms with E-state index in [4.69, 9.17) is 9.47 Å². The molecule has 214 valence electrons. The van der Waals surface area contributed by atoms with E-state index in [1.54, 1.807) is 14.0 Å². The van der Waals surface area contributed by atoms with Gasteiger partial charge in [0.25, 0.3) is 0 Å². The lowest BCUT2D eigenvalue weighted by Gasteiger charge is -2.42. The first kappa shape index (κ1) is 28.3. The molecule has 0 amide bonds. The third kappa shape index (κ3) is 4.23. The third-order valence-corrected chi connectivity index (χ3v) is 8.21. The molecule has 6 atom stereocenters. The van der Waals surface area contributed by atoms with Crippen LogP contribution in [0, 0.1) is 0 Å². The van der Waals surface area contributed by atoms with Crippen LogP contribution in [-0.4, -0.2) is 91.8 Å². The van der Waals surface area contributed by atoms with E-state index < -0.39 is 102 Å². The summed E-state index contributed by atoms with van der Waals surface area (Å²) in [6.07, 6.45) is -4.76. The van der Waals surface area contributed by atoms with Crippen molar-refractivity contribution in [3.8, 4) is 11.5 Å². The molecule has 0 spiro atoms. The fraction of sp³-hybridized carbons (Fsp3) is 0.464. The van der Waals surface area contributed by atoms with Crippen molar-refractivity contribution in [1.82, 2.24) is 5.32 Å². The zero-order chi connectivity index (χ0) is 29.1. The minimum absolute atomic E-state index is 0.0785. The number of rotatable bonds is 6. The number of likely N-dealkylation sites (N-methyl/N-ethyl adjacent to an activating group) is 1. The lowest BCUT2D eigenvalue weighted by molar-refractivity contribution is -0.249. The van der Waals surface area contributed by atoms with Gasteiger partial charge < -0.3 is 45.4 Å². The van der Waals surface area contributed by atoms with Crippen LogP contribution in [0.2, 0.25) is 0 Å². The number of carbonyl (C=O) groups is 3. The third-order valence-electron chi connectivity index (χ3n) is 8.21. The van der Waals surface area contributed by atoms with E-state index in [1.807, 2.05) is 0 Å². The molecule has 2 aromatic rings. The van der Waals surface area contributed by atoms with Gasteiger partial charge in [-0.3, -0.25) is 14.4 Å². The molecular weight excluding hydrogens is 526 g/mol. The average Bonchev–Trinajstić information content (AvgIpc) is 2.94. The molecule has 1 saturated heterocycles. The summed E-state index contributed by atoms with van der Waals surface area (Å²) in [5, 5.41) is 66.8. The monoisotopic (exact) mass is 557 g/mol. The zero-order valence-corrected chi connectivity index (χ0v) is 21.9. The van der Waals surface area contributed by atoms with E-state index in [-0.39, 0.29) is 34.2 Å². The standard InChI is InChI=1S/C28H31NO11/c1-11-23(33)15(29-2)6-18(39-11)40-16-8-28(38,17(32)10-31)7-14-20(16)27(37)22-21(25(14)35)24(34)13-5-3-4-12(9-30)19(13)26(22)36/h3-5,11,15-16,18,23,29-31,33,35,37-38H,6-10H2,1-2H3/t11?,15?,16-,18?,23?,28-/m0/s1. The molecule has 2 aromatic carbocycles. The molecule has 2 aliphatic carbocycles. The Labute approximate surface area is 228 Å². The minimum atomic E-state index is -2.24. The van der Waals surface area contributed by atoms with Crippen LogP contribution in [0.15, 0.2) is 18.2 Å². The van der Waals surface area contributed by atoms with Gasteiger partial charge in [0.1, 0.15) is 23.7 Å². The summed E-state index contributed by atoms with van der Waals surface area (Å²) in [5.74, 6) is -3.93. The Morgan fingerprint density at radius 3 is 2.48 bits per heavy atom. The van der Waals surface area contributed by atoms with Crippen LogP contribution >= 0.6 is 0 Å². The van der Waals surface area contributed by atoms with Crippen LogP contribution in [0.3, 0.4) is 0 Å². The molecule has 0 saturated carbocycles.